The van der Waals surface area contributed by atoms with Crippen LogP contribution in [0, 0.1) is 0 Å². The molecule has 0 saturated carbocycles. The summed E-state index contributed by atoms with van der Waals surface area (Å²) in [5.74, 6) is 0.890. The Morgan fingerprint density at radius 2 is 0.815 bits per heavy atom. The van der Waals surface area contributed by atoms with Gasteiger partial charge in [-0.1, -0.05) is 139 Å². The van der Waals surface area contributed by atoms with Gasteiger partial charge < -0.3 is 37.6 Å². The van der Waals surface area contributed by atoms with Crippen LogP contribution in [0.25, 0.3) is 0 Å². The lowest BCUT2D eigenvalue weighted by atomic mass is 10.0. The maximum atomic E-state index is 6.86. The highest BCUT2D eigenvalue weighted by molar-refractivity contribution is 6.99. The first-order valence-corrected chi connectivity index (χ1v) is 22.3. The van der Waals surface area contributed by atoms with Gasteiger partial charge in [0.1, 0.15) is 12.4 Å². The minimum absolute atomic E-state index is 0.0513. The Hall–Kier alpha value is -2.60. The molecule has 0 bridgehead atoms. The Balaban J connectivity index is 1.08. The zero-order valence-electron chi connectivity index (χ0n) is 33.9. The van der Waals surface area contributed by atoms with Crippen LogP contribution in [0.15, 0.2) is 84.9 Å². The normalized spacial score (nSPS) is 12.0. The van der Waals surface area contributed by atoms with E-state index in [1.807, 2.05) is 0 Å². The second-order valence-electron chi connectivity index (χ2n) is 14.5. The Kier molecular flexibility index (Phi) is 24.4. The predicted molar refractivity (Wildman–Crippen MR) is 222 cm³/mol. The second-order valence-corrected chi connectivity index (χ2v) is 18.9. The van der Waals surface area contributed by atoms with Gasteiger partial charge in [0.2, 0.25) is 0 Å². The van der Waals surface area contributed by atoms with E-state index in [0.717, 1.165) is 12.2 Å². The van der Waals surface area contributed by atoms with Gasteiger partial charge >= 0.3 is 0 Å². The Bertz CT molecular complexity index is 1250. The summed E-state index contributed by atoms with van der Waals surface area (Å²) < 4.78 is 46.6. The van der Waals surface area contributed by atoms with Gasteiger partial charge in [0.05, 0.1) is 85.9 Å². The smallest absolute Gasteiger partial charge is 0.261 e. The van der Waals surface area contributed by atoms with Gasteiger partial charge in [-0.15, -0.1) is 0 Å². The lowest BCUT2D eigenvalue weighted by Crippen LogP contribution is -2.66. The van der Waals surface area contributed by atoms with E-state index in [1.54, 1.807) is 0 Å². The molecule has 3 aromatic carbocycles. The molecule has 3 aromatic rings. The van der Waals surface area contributed by atoms with Crippen LogP contribution in [0.5, 0.6) is 5.75 Å². The average molecular weight is 767 g/mol. The third-order valence-corrected chi connectivity index (χ3v) is 14.4. The first-order chi connectivity index (χ1) is 26.5. The molecule has 0 aliphatic rings. The maximum absolute atomic E-state index is 6.86. The van der Waals surface area contributed by atoms with Crippen molar-refractivity contribution < 1.29 is 37.6 Å². The molecule has 0 spiro atoms. The first kappa shape index (κ1) is 45.8. The molecule has 0 aromatic heterocycles. The molecule has 0 unspecified atom stereocenters. The zero-order chi connectivity index (χ0) is 38.4. The summed E-state index contributed by atoms with van der Waals surface area (Å²) in [7, 11) is -2.53. The van der Waals surface area contributed by atoms with Crippen molar-refractivity contribution in [2.75, 3.05) is 92.5 Å². The summed E-state index contributed by atoms with van der Waals surface area (Å²) in [4.78, 5) is 0. The molecule has 0 aliphatic heterocycles. The van der Waals surface area contributed by atoms with Crippen molar-refractivity contribution in [1.29, 1.82) is 0 Å². The largest absolute Gasteiger partial charge is 0.491 e. The fourth-order valence-electron chi connectivity index (χ4n) is 6.47. The van der Waals surface area contributed by atoms with Gasteiger partial charge in [0, 0.05) is 0 Å². The number of benzene rings is 3. The van der Waals surface area contributed by atoms with Crippen molar-refractivity contribution in [3.05, 3.63) is 90.5 Å². The highest BCUT2D eigenvalue weighted by Crippen LogP contribution is 2.36. The Morgan fingerprint density at radius 1 is 0.426 bits per heavy atom. The molecule has 0 aliphatic carbocycles. The molecule has 0 fully saturated rings. The topological polar surface area (TPSA) is 73.8 Å². The molecule has 0 radical (unpaired) electrons. The van der Waals surface area contributed by atoms with Crippen molar-refractivity contribution in [3.8, 4) is 5.75 Å². The molecule has 0 heterocycles. The summed E-state index contributed by atoms with van der Waals surface area (Å²) in [6.45, 7) is 16.4. The van der Waals surface area contributed by atoms with Gasteiger partial charge in [-0.2, -0.15) is 0 Å². The summed E-state index contributed by atoms with van der Waals surface area (Å²) in [6.07, 6.45) is 10.5. The van der Waals surface area contributed by atoms with Gasteiger partial charge in [-0.05, 0) is 45.9 Å². The van der Waals surface area contributed by atoms with Crippen molar-refractivity contribution in [1.82, 2.24) is 0 Å². The van der Waals surface area contributed by atoms with Crippen LogP contribution in [0.1, 0.15) is 78.2 Å². The minimum atomic E-state index is -2.53. The average Bonchev–Trinajstić information content (AvgIpc) is 3.18. The van der Waals surface area contributed by atoms with Crippen LogP contribution < -0.4 is 15.1 Å². The molecule has 0 N–H and O–H groups in total. The summed E-state index contributed by atoms with van der Waals surface area (Å²) in [5.41, 5.74) is 1.38. The highest BCUT2D eigenvalue weighted by atomic mass is 28.4. The number of unbranched alkanes of at least 4 members (excludes halogenated alkanes) is 6. The van der Waals surface area contributed by atoms with Gasteiger partial charge in [0.25, 0.3) is 8.32 Å². The Labute approximate surface area is 328 Å². The van der Waals surface area contributed by atoms with Crippen LogP contribution >= 0.6 is 0 Å². The van der Waals surface area contributed by atoms with Gasteiger partial charge in [-0.3, -0.25) is 0 Å². The fraction of sp³-hybridized carbons (Fsp3) is 0.600. The highest BCUT2D eigenvalue weighted by Gasteiger charge is 2.50. The van der Waals surface area contributed by atoms with Crippen molar-refractivity contribution in [2.24, 2.45) is 0 Å². The fourth-order valence-corrected chi connectivity index (χ4v) is 11.0. The zero-order valence-corrected chi connectivity index (χ0v) is 34.9. The van der Waals surface area contributed by atoms with Crippen LogP contribution in [-0.4, -0.2) is 101 Å². The van der Waals surface area contributed by atoms with Gasteiger partial charge in [0.15, 0.2) is 0 Å². The number of hydrogen-bond acceptors (Lipinski definition) is 8. The van der Waals surface area contributed by atoms with Crippen molar-refractivity contribution in [3.63, 3.8) is 0 Å². The van der Waals surface area contributed by atoms with Crippen LogP contribution in [0.3, 0.4) is 0 Å². The molecule has 0 saturated heterocycles. The number of rotatable bonds is 33. The summed E-state index contributed by atoms with van der Waals surface area (Å²) >= 11 is 0. The third-order valence-electron chi connectivity index (χ3n) is 9.31. The standard InChI is InChI=1S/C45H70O8Si/c1-5-6-7-8-9-10-13-18-41-23-25-42(26-24-41)52-39-37-50-35-33-48-31-29-46-27-28-47-30-32-49-34-36-51-38-40-53-54(45(2,3)4,43-19-14-11-15-20-43)44-21-16-12-17-22-44/h11-12,14-17,19-26H,5-10,13,18,27-40H2,1-4H3. The monoisotopic (exact) mass is 766 g/mol. The molecule has 9 heteroatoms. The number of ether oxygens (including phenoxy) is 7. The van der Waals surface area contributed by atoms with Gasteiger partial charge in [-0.25, -0.2) is 0 Å². The van der Waals surface area contributed by atoms with Crippen LogP contribution in [0.2, 0.25) is 5.04 Å². The quantitative estimate of drug-likeness (QED) is 0.0456. The third kappa shape index (κ3) is 18.4. The number of aryl methyl sites for hydroxylation is 1. The van der Waals surface area contributed by atoms with Crippen molar-refractivity contribution in [2.45, 2.75) is 84.1 Å². The molecule has 0 atom stereocenters. The first-order valence-electron chi connectivity index (χ1n) is 20.4. The Morgan fingerprint density at radius 3 is 1.24 bits per heavy atom. The van der Waals surface area contributed by atoms with Crippen LogP contribution in [0.4, 0.5) is 0 Å². The van der Waals surface area contributed by atoms with E-state index < -0.39 is 8.32 Å². The molecule has 302 valence electrons. The lowest BCUT2D eigenvalue weighted by molar-refractivity contribution is -0.0188. The van der Waals surface area contributed by atoms with E-state index in [9.17, 15) is 0 Å². The molecule has 3 rings (SSSR count). The van der Waals surface area contributed by atoms with E-state index in [2.05, 4.69) is 113 Å². The minimum Gasteiger partial charge on any atom is -0.491 e. The lowest BCUT2D eigenvalue weighted by Gasteiger charge is -2.43. The second kappa shape index (κ2) is 28.8. The molecule has 54 heavy (non-hydrogen) atoms. The summed E-state index contributed by atoms with van der Waals surface area (Å²) in [6, 6.07) is 29.8. The molecule has 0 amide bonds. The molecular formula is C45H70O8Si. The van der Waals surface area contributed by atoms with E-state index in [1.165, 1.54) is 60.9 Å². The molecule has 8 nitrogen and oxygen atoms in total. The van der Waals surface area contributed by atoms with E-state index >= 15 is 0 Å². The van der Waals surface area contributed by atoms with E-state index in [-0.39, 0.29) is 5.04 Å². The SMILES string of the molecule is CCCCCCCCCc1ccc(OCCOCCOCCOCCOCCOCCOCCO[Si](c2ccccc2)(c2ccccc2)C(C)(C)C)cc1. The molecular weight excluding hydrogens is 697 g/mol. The van der Waals surface area contributed by atoms with Crippen LogP contribution in [-0.2, 0) is 39.3 Å². The number of hydrogen-bond donors (Lipinski definition) is 0. The maximum Gasteiger partial charge on any atom is 0.261 e. The van der Waals surface area contributed by atoms with E-state index in [0.29, 0.717) is 92.5 Å². The van der Waals surface area contributed by atoms with E-state index in [4.69, 9.17) is 37.6 Å². The summed E-state index contributed by atoms with van der Waals surface area (Å²) in [5, 5.41) is 2.49. The predicted octanol–water partition coefficient (Wildman–Crippen LogP) is 8.03. The van der Waals surface area contributed by atoms with Crippen molar-refractivity contribution >= 4 is 18.7 Å².